The Morgan fingerprint density at radius 1 is 1.02 bits per heavy atom. The van der Waals surface area contributed by atoms with E-state index >= 15 is 0 Å². The number of rotatable bonds is 6. The van der Waals surface area contributed by atoms with E-state index in [2.05, 4.69) is 49.8 Å². The summed E-state index contributed by atoms with van der Waals surface area (Å²) in [6.45, 7) is 4.66. The van der Waals surface area contributed by atoms with Gasteiger partial charge in [0.1, 0.15) is 5.54 Å². The molecular weight excluding hydrogens is 643 g/mol. The number of likely N-dealkylation sites (N-methyl/N-ethyl adjacent to an activating group) is 2. The van der Waals surface area contributed by atoms with Gasteiger partial charge in [0.15, 0.2) is 17.5 Å². The van der Waals surface area contributed by atoms with Crippen LogP contribution in [0.3, 0.4) is 0 Å². The zero-order valence-corrected chi connectivity index (χ0v) is 28.3. The molecule has 4 aromatic rings. The number of aromatic nitrogens is 2. The average Bonchev–Trinajstić information content (AvgIpc) is 3.38. The van der Waals surface area contributed by atoms with E-state index in [0.29, 0.717) is 23.1 Å². The lowest BCUT2D eigenvalue weighted by Crippen LogP contribution is -2.52. The number of amides is 2. The first-order valence-corrected chi connectivity index (χ1v) is 16.8. The lowest BCUT2D eigenvalue weighted by Gasteiger charge is -2.40. The third kappa shape index (κ3) is 5.63. The number of H-pyrrole nitrogens is 1. The molecule has 7 rings (SSSR count). The number of guanidine groups is 2. The second-order valence-corrected chi connectivity index (χ2v) is 14.3. The SMILES string of the molecule is CN1C(=O)[C@H](c2cccc(C(C)(F)F)c2)[C@@](C)(c2cnc[nH]2)N=C1N.Cc1csc(-c2csc(C3(C4CC4)N=C(N)N(C)C3=O)c2)c1. The zero-order chi connectivity index (χ0) is 33.9. The number of carbonyl (C=O) groups excluding carboxylic acids is 2. The Hall–Kier alpha value is -4.43. The molecule has 1 unspecified atom stereocenters. The summed E-state index contributed by atoms with van der Waals surface area (Å²) in [6.07, 6.45) is 5.12. The van der Waals surface area contributed by atoms with Gasteiger partial charge in [-0.05, 0) is 72.7 Å². The number of benzene rings is 1. The number of nitrogens with zero attached hydrogens (tertiary/aromatic N) is 5. The monoisotopic (exact) mass is 678 g/mol. The highest BCUT2D eigenvalue weighted by Crippen LogP contribution is 2.53. The van der Waals surface area contributed by atoms with Crippen LogP contribution in [-0.2, 0) is 26.6 Å². The molecule has 5 heterocycles. The van der Waals surface area contributed by atoms with Crippen molar-refractivity contribution in [1.29, 1.82) is 0 Å². The van der Waals surface area contributed by atoms with Crippen LogP contribution in [-0.4, -0.2) is 57.6 Å². The van der Waals surface area contributed by atoms with Crippen molar-refractivity contribution in [2.45, 2.75) is 56.5 Å². The van der Waals surface area contributed by atoms with Gasteiger partial charge in [-0.25, -0.2) is 23.7 Å². The summed E-state index contributed by atoms with van der Waals surface area (Å²) >= 11 is 3.36. The predicted molar refractivity (Wildman–Crippen MR) is 180 cm³/mol. The number of aryl methyl sites for hydroxylation is 1. The first-order valence-electron chi connectivity index (χ1n) is 15.0. The van der Waals surface area contributed by atoms with E-state index in [4.69, 9.17) is 11.5 Å². The van der Waals surface area contributed by atoms with Crippen molar-refractivity contribution < 1.29 is 18.4 Å². The average molecular weight is 679 g/mol. The number of alkyl halides is 2. The lowest BCUT2D eigenvalue weighted by molar-refractivity contribution is -0.131. The lowest BCUT2D eigenvalue weighted by atomic mass is 9.76. The Labute approximate surface area is 279 Å². The van der Waals surface area contributed by atoms with E-state index in [9.17, 15) is 18.4 Å². The van der Waals surface area contributed by atoms with Crippen molar-refractivity contribution in [3.63, 3.8) is 0 Å². The highest BCUT2D eigenvalue weighted by molar-refractivity contribution is 7.15. The highest BCUT2D eigenvalue weighted by atomic mass is 32.1. The minimum Gasteiger partial charge on any atom is -0.369 e. The van der Waals surface area contributed by atoms with Crippen LogP contribution in [0.1, 0.15) is 59.9 Å². The third-order valence-corrected chi connectivity index (χ3v) is 11.2. The number of halogens is 2. The molecule has 1 saturated carbocycles. The number of hydrogen-bond acceptors (Lipinski definition) is 9. The van der Waals surface area contributed by atoms with Gasteiger partial charge in [-0.2, -0.15) is 0 Å². The number of hydrogen-bond donors (Lipinski definition) is 3. The number of aliphatic imine (C=N–C) groups is 2. The van der Waals surface area contributed by atoms with Crippen LogP contribution in [0.5, 0.6) is 0 Å². The minimum absolute atomic E-state index is 0.0169. The van der Waals surface area contributed by atoms with Crippen LogP contribution >= 0.6 is 22.7 Å². The molecule has 246 valence electrons. The van der Waals surface area contributed by atoms with Crippen LogP contribution in [0.4, 0.5) is 8.78 Å². The summed E-state index contributed by atoms with van der Waals surface area (Å²) in [5.74, 6) is -3.43. The molecule has 3 atom stereocenters. The van der Waals surface area contributed by atoms with Crippen molar-refractivity contribution >= 4 is 46.4 Å². The van der Waals surface area contributed by atoms with Gasteiger partial charge >= 0.3 is 0 Å². The van der Waals surface area contributed by atoms with Gasteiger partial charge in [-0.3, -0.25) is 19.4 Å². The Kier molecular flexibility index (Phi) is 8.07. The van der Waals surface area contributed by atoms with Crippen molar-refractivity contribution in [3.05, 3.63) is 86.9 Å². The normalized spacial score (nSPS) is 24.6. The van der Waals surface area contributed by atoms with Crippen LogP contribution in [0.25, 0.3) is 10.4 Å². The van der Waals surface area contributed by atoms with E-state index in [1.165, 1.54) is 57.4 Å². The summed E-state index contributed by atoms with van der Waals surface area (Å²) in [6, 6.07) is 10.2. The van der Waals surface area contributed by atoms with Crippen LogP contribution in [0.15, 0.2) is 69.7 Å². The molecular formula is C33H36F2N8O2S2. The van der Waals surface area contributed by atoms with Gasteiger partial charge in [-0.15, -0.1) is 22.7 Å². The topological polar surface area (TPSA) is 146 Å². The maximum absolute atomic E-state index is 13.7. The fourth-order valence-electron chi connectivity index (χ4n) is 6.17. The predicted octanol–water partition coefficient (Wildman–Crippen LogP) is 5.48. The number of imidazole rings is 1. The zero-order valence-electron chi connectivity index (χ0n) is 26.6. The van der Waals surface area contributed by atoms with Gasteiger partial charge in [0.2, 0.25) is 5.91 Å². The van der Waals surface area contributed by atoms with Crippen LogP contribution in [0.2, 0.25) is 0 Å². The Morgan fingerprint density at radius 2 is 1.74 bits per heavy atom. The molecule has 47 heavy (non-hydrogen) atoms. The Bertz CT molecular complexity index is 1890. The molecule has 0 saturated heterocycles. The van der Waals surface area contributed by atoms with E-state index in [1.54, 1.807) is 48.9 Å². The number of carbonyl (C=O) groups is 2. The molecule has 14 heteroatoms. The van der Waals surface area contributed by atoms with Gasteiger partial charge in [-0.1, -0.05) is 18.2 Å². The van der Waals surface area contributed by atoms with Crippen LogP contribution < -0.4 is 11.5 Å². The smallest absolute Gasteiger partial charge is 0.270 e. The maximum Gasteiger partial charge on any atom is 0.270 e. The fraction of sp³-hybridized carbons (Fsp3) is 0.364. The largest absolute Gasteiger partial charge is 0.369 e. The fourth-order valence-corrected chi connectivity index (χ4v) is 8.26. The van der Waals surface area contributed by atoms with Gasteiger partial charge in [0.05, 0.1) is 24.1 Å². The molecule has 10 nitrogen and oxygen atoms in total. The summed E-state index contributed by atoms with van der Waals surface area (Å²) in [5.41, 5.74) is 13.3. The number of aromatic amines is 1. The number of thiophene rings is 2. The molecule has 3 aromatic heterocycles. The third-order valence-electron chi connectivity index (χ3n) is 9.02. The van der Waals surface area contributed by atoms with E-state index < -0.39 is 22.9 Å². The molecule has 2 aliphatic heterocycles. The molecule has 1 aromatic carbocycles. The molecule has 0 bridgehead atoms. The van der Waals surface area contributed by atoms with Gasteiger partial charge in [0.25, 0.3) is 11.8 Å². The maximum atomic E-state index is 13.7. The van der Waals surface area contributed by atoms with Crippen molar-refractivity contribution in [2.24, 2.45) is 27.4 Å². The molecule has 0 radical (unpaired) electrons. The second-order valence-electron chi connectivity index (χ2n) is 12.5. The summed E-state index contributed by atoms with van der Waals surface area (Å²) < 4.78 is 27.5. The van der Waals surface area contributed by atoms with Crippen molar-refractivity contribution in [1.82, 2.24) is 19.8 Å². The molecule has 1 fully saturated rings. The van der Waals surface area contributed by atoms with Gasteiger partial charge < -0.3 is 16.5 Å². The Morgan fingerprint density at radius 3 is 2.32 bits per heavy atom. The summed E-state index contributed by atoms with van der Waals surface area (Å²) in [7, 11) is 3.22. The van der Waals surface area contributed by atoms with E-state index in [-0.39, 0.29) is 23.3 Å². The minimum atomic E-state index is -3.01. The van der Waals surface area contributed by atoms with Crippen LogP contribution in [0, 0.1) is 12.8 Å². The quantitative estimate of drug-likeness (QED) is 0.247. The number of nitrogens with one attached hydrogen (secondary N) is 1. The van der Waals surface area contributed by atoms with E-state index in [0.717, 1.165) is 24.6 Å². The number of nitrogens with two attached hydrogens (primary N) is 2. The Balaban J connectivity index is 0.000000165. The first-order chi connectivity index (χ1) is 22.2. The molecule has 5 N–H and O–H groups in total. The standard InChI is InChI=1S/C17H19F2N5O.C16H17N3OS2/c1-16(12-8-21-9-22-12)13(14(25)24(3)15(20)23-16)10-5-4-6-11(7-10)17(2,18)19;1-9-5-12(21-7-9)10-6-13(22-8-10)16(11-3-4-11)14(20)19(2)15(17)18-16/h4-9,13H,1-3H3,(H2,20,23)(H,21,22);5-8,11H,3-4H2,1-2H3,(H2,17,18)/t13-,16+;/m0./s1. The summed E-state index contributed by atoms with van der Waals surface area (Å²) in [4.78, 5) is 46.8. The van der Waals surface area contributed by atoms with Crippen molar-refractivity contribution in [3.8, 4) is 10.4 Å². The first kappa shape index (κ1) is 32.5. The second kappa shape index (κ2) is 11.7. The molecule has 3 aliphatic rings. The van der Waals surface area contributed by atoms with Gasteiger partial charge in [0, 0.05) is 41.9 Å². The van der Waals surface area contributed by atoms with E-state index in [1.807, 2.05) is 0 Å². The molecule has 2 amide bonds. The molecule has 1 aliphatic carbocycles. The summed E-state index contributed by atoms with van der Waals surface area (Å²) in [5, 5.41) is 4.27. The molecule has 0 spiro atoms. The highest BCUT2D eigenvalue weighted by Gasteiger charge is 2.58. The van der Waals surface area contributed by atoms with Crippen molar-refractivity contribution in [2.75, 3.05) is 14.1 Å².